The maximum Gasteiger partial charge on any atom is 0.371 e. The highest BCUT2D eigenvalue weighted by Gasteiger charge is 2.17. The predicted octanol–water partition coefficient (Wildman–Crippen LogP) is 3.80. The third-order valence-corrected chi connectivity index (χ3v) is 3.28. The lowest BCUT2D eigenvalue weighted by Gasteiger charge is -2.07. The van der Waals surface area contributed by atoms with Gasteiger partial charge in [0.2, 0.25) is 5.76 Å². The number of anilines is 1. The van der Waals surface area contributed by atoms with E-state index in [1.165, 1.54) is 18.2 Å². The summed E-state index contributed by atoms with van der Waals surface area (Å²) in [6, 6.07) is 5.21. The smallest absolute Gasteiger partial charge is 0.371 e. The minimum Gasteiger partial charge on any atom is -0.475 e. The van der Waals surface area contributed by atoms with Gasteiger partial charge in [-0.25, -0.2) is 4.79 Å². The Kier molecular flexibility index (Phi) is 4.35. The number of halogens is 2. The highest BCUT2D eigenvalue weighted by Crippen LogP contribution is 2.34. The minimum atomic E-state index is -1.19. The van der Waals surface area contributed by atoms with E-state index in [9.17, 15) is 14.9 Å². The Morgan fingerprint density at radius 3 is 2.57 bits per heavy atom. The molecule has 2 aromatic rings. The van der Waals surface area contributed by atoms with Crippen LogP contribution in [0.25, 0.3) is 0 Å². The first-order valence-corrected chi connectivity index (χ1v) is 6.33. The molecule has 0 fully saturated rings. The van der Waals surface area contributed by atoms with E-state index >= 15 is 0 Å². The Morgan fingerprint density at radius 2 is 2.00 bits per heavy atom. The van der Waals surface area contributed by atoms with Crippen molar-refractivity contribution in [2.75, 3.05) is 5.32 Å². The van der Waals surface area contributed by atoms with Crippen molar-refractivity contribution < 1.29 is 19.2 Å². The summed E-state index contributed by atoms with van der Waals surface area (Å²) >= 11 is 11.6. The van der Waals surface area contributed by atoms with Gasteiger partial charge in [0.05, 0.1) is 21.5 Å². The summed E-state index contributed by atoms with van der Waals surface area (Å²) in [5, 5.41) is 22.7. The average molecular weight is 331 g/mol. The van der Waals surface area contributed by atoms with Gasteiger partial charge in [0.15, 0.2) is 0 Å². The van der Waals surface area contributed by atoms with Gasteiger partial charge in [0.1, 0.15) is 11.4 Å². The van der Waals surface area contributed by atoms with Crippen molar-refractivity contribution in [3.8, 4) is 0 Å². The van der Waals surface area contributed by atoms with Crippen molar-refractivity contribution in [1.82, 2.24) is 0 Å². The van der Waals surface area contributed by atoms with Crippen LogP contribution >= 0.6 is 23.2 Å². The lowest BCUT2D eigenvalue weighted by atomic mass is 10.2. The highest BCUT2D eigenvalue weighted by molar-refractivity contribution is 6.42. The summed E-state index contributed by atoms with van der Waals surface area (Å²) in [4.78, 5) is 21.0. The van der Waals surface area contributed by atoms with Gasteiger partial charge in [-0.2, -0.15) is 0 Å². The molecule has 0 aliphatic heterocycles. The number of hydrogen-bond donors (Lipinski definition) is 2. The highest BCUT2D eigenvalue weighted by atomic mass is 35.5. The third kappa shape index (κ3) is 3.45. The number of hydrogen-bond acceptors (Lipinski definition) is 5. The quantitative estimate of drug-likeness (QED) is 0.637. The Balaban J connectivity index is 2.20. The fourth-order valence-electron chi connectivity index (χ4n) is 1.60. The predicted molar refractivity (Wildman–Crippen MR) is 76.1 cm³/mol. The van der Waals surface area contributed by atoms with Gasteiger partial charge in [-0.1, -0.05) is 23.2 Å². The Hall–Kier alpha value is -2.25. The zero-order valence-corrected chi connectivity index (χ0v) is 11.8. The van der Waals surface area contributed by atoms with Crippen LogP contribution in [0.15, 0.2) is 28.7 Å². The zero-order chi connectivity index (χ0) is 15.6. The molecule has 0 radical (unpaired) electrons. The van der Waals surface area contributed by atoms with Crippen molar-refractivity contribution >= 4 is 40.5 Å². The maximum absolute atomic E-state index is 11.0. The number of benzene rings is 1. The number of nitro groups is 1. The van der Waals surface area contributed by atoms with Gasteiger partial charge in [0.25, 0.3) is 5.69 Å². The molecule has 0 amide bonds. The molecule has 0 unspecified atom stereocenters. The van der Waals surface area contributed by atoms with Crippen LogP contribution in [0.3, 0.4) is 0 Å². The molecule has 1 aromatic carbocycles. The molecule has 0 aliphatic carbocycles. The van der Waals surface area contributed by atoms with Crippen LogP contribution in [0.5, 0.6) is 0 Å². The normalized spacial score (nSPS) is 10.4. The first-order valence-electron chi connectivity index (χ1n) is 5.58. The average Bonchev–Trinajstić information content (AvgIpc) is 2.88. The molecule has 1 aromatic heterocycles. The number of carbonyl (C=O) groups is 1. The van der Waals surface area contributed by atoms with E-state index in [1.54, 1.807) is 0 Å². The van der Waals surface area contributed by atoms with Gasteiger partial charge < -0.3 is 14.8 Å². The van der Waals surface area contributed by atoms with Gasteiger partial charge in [-0.15, -0.1) is 0 Å². The van der Waals surface area contributed by atoms with Crippen LogP contribution in [-0.2, 0) is 6.54 Å². The van der Waals surface area contributed by atoms with E-state index in [4.69, 9.17) is 32.7 Å². The van der Waals surface area contributed by atoms with Gasteiger partial charge in [0, 0.05) is 6.07 Å². The van der Waals surface area contributed by atoms with Gasteiger partial charge >= 0.3 is 5.97 Å². The van der Waals surface area contributed by atoms with Crippen molar-refractivity contribution in [2.45, 2.75) is 6.54 Å². The Bertz CT molecular complexity index is 714. The van der Waals surface area contributed by atoms with Crippen LogP contribution < -0.4 is 5.32 Å². The number of nitro benzene ring substituents is 1. The molecular formula is C12H8Cl2N2O5. The van der Waals surface area contributed by atoms with Crippen LogP contribution in [0.4, 0.5) is 11.4 Å². The molecule has 7 nitrogen and oxygen atoms in total. The number of nitrogens with zero attached hydrogens (tertiary/aromatic N) is 1. The van der Waals surface area contributed by atoms with Crippen molar-refractivity contribution in [3.05, 3.63) is 55.9 Å². The number of carboxylic acids is 1. The molecule has 0 spiro atoms. The topological polar surface area (TPSA) is 106 Å². The summed E-state index contributed by atoms with van der Waals surface area (Å²) in [7, 11) is 0. The van der Waals surface area contributed by atoms with Crippen LogP contribution in [-0.4, -0.2) is 16.0 Å². The molecule has 9 heteroatoms. The number of rotatable bonds is 5. The molecule has 0 saturated carbocycles. The number of carboxylic acid groups (broad SMARTS) is 1. The minimum absolute atomic E-state index is 0.0616. The van der Waals surface area contributed by atoms with Crippen LogP contribution in [0.2, 0.25) is 10.0 Å². The second-order valence-corrected chi connectivity index (χ2v) is 4.78. The summed E-state index contributed by atoms with van der Waals surface area (Å²) in [5.41, 5.74) is -0.0860. The first-order chi connectivity index (χ1) is 9.88. The standard InChI is InChI=1S/C12H8Cl2N2O5/c13-7-3-9(10(16(19)20)4-8(7)14)15-5-6-1-2-11(21-6)12(17)18/h1-4,15H,5H2,(H,17,18). The monoisotopic (exact) mass is 330 g/mol. The molecule has 21 heavy (non-hydrogen) atoms. The van der Waals surface area contributed by atoms with E-state index in [-0.39, 0.29) is 33.7 Å². The fourth-order valence-corrected chi connectivity index (χ4v) is 1.92. The molecule has 0 aliphatic rings. The maximum atomic E-state index is 11.0. The molecule has 110 valence electrons. The number of aromatic carboxylic acids is 1. The summed E-state index contributed by atoms with van der Waals surface area (Å²) in [6.45, 7) is 0.0616. The molecule has 0 saturated heterocycles. The van der Waals surface area contributed by atoms with Crippen molar-refractivity contribution in [2.24, 2.45) is 0 Å². The van der Waals surface area contributed by atoms with E-state index in [0.717, 1.165) is 6.07 Å². The molecule has 0 bridgehead atoms. The van der Waals surface area contributed by atoms with Crippen molar-refractivity contribution in [1.29, 1.82) is 0 Å². The largest absolute Gasteiger partial charge is 0.475 e. The fraction of sp³-hybridized carbons (Fsp3) is 0.0833. The van der Waals surface area contributed by atoms with Gasteiger partial charge in [-0.3, -0.25) is 10.1 Å². The molecule has 1 heterocycles. The molecule has 2 N–H and O–H groups in total. The van der Waals surface area contributed by atoms with E-state index < -0.39 is 10.9 Å². The van der Waals surface area contributed by atoms with E-state index in [2.05, 4.69) is 5.32 Å². The number of nitrogens with one attached hydrogen (secondary N) is 1. The lowest BCUT2D eigenvalue weighted by Crippen LogP contribution is -2.02. The van der Waals surface area contributed by atoms with Crippen molar-refractivity contribution in [3.63, 3.8) is 0 Å². The SMILES string of the molecule is O=C(O)c1ccc(CNc2cc(Cl)c(Cl)cc2[N+](=O)[O-])o1. The lowest BCUT2D eigenvalue weighted by molar-refractivity contribution is -0.383. The number of furan rings is 1. The molecule has 0 atom stereocenters. The second kappa shape index (κ2) is 6.02. The molecule has 2 rings (SSSR count). The van der Waals surface area contributed by atoms with Gasteiger partial charge in [-0.05, 0) is 18.2 Å². The first kappa shape index (κ1) is 15.1. The third-order valence-electron chi connectivity index (χ3n) is 2.56. The van der Waals surface area contributed by atoms with E-state index in [1.807, 2.05) is 0 Å². The summed E-state index contributed by atoms with van der Waals surface area (Å²) < 4.78 is 5.03. The molecular weight excluding hydrogens is 323 g/mol. The van der Waals surface area contributed by atoms with E-state index in [0.29, 0.717) is 5.76 Å². The summed E-state index contributed by atoms with van der Waals surface area (Å²) in [6.07, 6.45) is 0. The Morgan fingerprint density at radius 1 is 1.33 bits per heavy atom. The zero-order valence-electron chi connectivity index (χ0n) is 10.3. The van der Waals surface area contributed by atoms with Crippen LogP contribution in [0.1, 0.15) is 16.3 Å². The summed E-state index contributed by atoms with van der Waals surface area (Å²) in [5.74, 6) is -1.09. The van der Waals surface area contributed by atoms with Crippen LogP contribution in [0, 0.1) is 10.1 Å². The Labute approximate surface area is 128 Å². The second-order valence-electron chi connectivity index (χ2n) is 3.97.